The number of amides is 2. The highest BCUT2D eigenvalue weighted by atomic mass is 16.2. The summed E-state index contributed by atoms with van der Waals surface area (Å²) in [6, 6.07) is 19.9. The predicted molar refractivity (Wildman–Crippen MR) is 182 cm³/mol. The van der Waals surface area contributed by atoms with Crippen LogP contribution < -0.4 is 10.2 Å². The number of anilines is 2. The van der Waals surface area contributed by atoms with Crippen LogP contribution >= 0.6 is 0 Å². The third-order valence-electron chi connectivity index (χ3n) is 9.06. The average Bonchev–Trinajstić information content (AvgIpc) is 3.86. The molecule has 0 fully saturated rings. The SMILES string of the molecule is CC1(C)C(=O)Nc2cc(-n3cnc(-c4ccncc4)c3)ccc21.CN1C(=O)C(C)(C)c2ccc(-c3cnn(-c4ccncc4)c3)cc21. The molecule has 6 aromatic rings. The fourth-order valence-electron chi connectivity index (χ4n) is 6.15. The van der Waals surface area contributed by atoms with Crippen LogP contribution in [0, 0.1) is 0 Å². The first kappa shape index (κ1) is 29.8. The smallest absolute Gasteiger partial charge is 0.236 e. The number of nitrogens with zero attached hydrogens (tertiary/aromatic N) is 7. The van der Waals surface area contributed by atoms with Crippen LogP contribution in [-0.4, -0.2) is 48.2 Å². The number of benzene rings is 2. The zero-order valence-corrected chi connectivity index (χ0v) is 26.8. The Balaban J connectivity index is 0.000000150. The van der Waals surface area contributed by atoms with Crippen molar-refractivity contribution in [3.63, 3.8) is 0 Å². The Morgan fingerprint density at radius 1 is 0.702 bits per heavy atom. The van der Waals surface area contributed by atoms with E-state index in [1.165, 1.54) is 0 Å². The first-order chi connectivity index (χ1) is 22.5. The number of hydrogen-bond acceptors (Lipinski definition) is 6. The van der Waals surface area contributed by atoms with E-state index >= 15 is 0 Å². The Labute approximate surface area is 272 Å². The van der Waals surface area contributed by atoms with E-state index in [1.54, 1.807) is 36.0 Å². The minimum Gasteiger partial charge on any atom is -0.325 e. The predicted octanol–water partition coefficient (Wildman–Crippen LogP) is 6.35. The Morgan fingerprint density at radius 3 is 2.15 bits per heavy atom. The molecule has 0 saturated heterocycles. The van der Waals surface area contributed by atoms with Gasteiger partial charge in [-0.3, -0.25) is 19.6 Å². The lowest BCUT2D eigenvalue weighted by atomic mass is 9.85. The molecule has 0 atom stereocenters. The second kappa shape index (κ2) is 11.2. The lowest BCUT2D eigenvalue weighted by molar-refractivity contribution is -0.122. The maximum absolute atomic E-state index is 12.4. The van der Waals surface area contributed by atoms with Gasteiger partial charge in [-0.2, -0.15) is 5.10 Å². The van der Waals surface area contributed by atoms with E-state index in [1.807, 2.05) is 105 Å². The normalized spacial score (nSPS) is 15.5. The van der Waals surface area contributed by atoms with Gasteiger partial charge in [0.25, 0.3) is 0 Å². The fraction of sp³-hybridized carbons (Fsp3) is 0.189. The summed E-state index contributed by atoms with van der Waals surface area (Å²) in [5.74, 6) is 0.162. The van der Waals surface area contributed by atoms with Gasteiger partial charge in [-0.25, -0.2) is 9.67 Å². The molecule has 10 nitrogen and oxygen atoms in total. The molecule has 6 heterocycles. The molecule has 10 heteroatoms. The summed E-state index contributed by atoms with van der Waals surface area (Å²) in [4.78, 5) is 38.7. The highest BCUT2D eigenvalue weighted by Crippen LogP contribution is 2.42. The van der Waals surface area contributed by atoms with Crippen LogP contribution in [0.25, 0.3) is 33.8 Å². The van der Waals surface area contributed by atoms with Crippen LogP contribution in [0.15, 0.2) is 110 Å². The molecule has 47 heavy (non-hydrogen) atoms. The van der Waals surface area contributed by atoms with Crippen LogP contribution in [0.5, 0.6) is 0 Å². The number of hydrogen-bond donors (Lipinski definition) is 1. The Bertz CT molecular complexity index is 2130. The number of fused-ring (bicyclic) bond motifs is 2. The maximum Gasteiger partial charge on any atom is 0.236 e. The molecule has 234 valence electrons. The van der Waals surface area contributed by atoms with Gasteiger partial charge in [0.15, 0.2) is 0 Å². The molecule has 2 aliphatic heterocycles. The summed E-state index contributed by atoms with van der Waals surface area (Å²) in [6.45, 7) is 7.82. The number of aromatic nitrogens is 6. The van der Waals surface area contributed by atoms with Gasteiger partial charge >= 0.3 is 0 Å². The number of imidazole rings is 1. The number of carbonyl (C=O) groups excluding carboxylic acids is 2. The number of likely N-dealkylation sites (N-methyl/N-ethyl adjacent to an activating group) is 1. The monoisotopic (exact) mass is 622 g/mol. The molecule has 2 amide bonds. The summed E-state index contributed by atoms with van der Waals surface area (Å²) in [6.07, 6.45) is 14.6. The van der Waals surface area contributed by atoms with Gasteiger partial charge in [0.1, 0.15) is 0 Å². The van der Waals surface area contributed by atoms with Gasteiger partial charge in [0, 0.05) is 72.4 Å². The van der Waals surface area contributed by atoms with Gasteiger partial charge in [-0.1, -0.05) is 18.2 Å². The van der Waals surface area contributed by atoms with E-state index in [-0.39, 0.29) is 11.8 Å². The summed E-state index contributed by atoms with van der Waals surface area (Å²) < 4.78 is 3.77. The molecule has 0 bridgehead atoms. The summed E-state index contributed by atoms with van der Waals surface area (Å²) in [7, 11) is 1.83. The molecule has 0 unspecified atom stereocenters. The second-order valence-corrected chi connectivity index (χ2v) is 12.8. The number of carbonyl (C=O) groups is 2. The minimum atomic E-state index is -0.481. The van der Waals surface area contributed by atoms with Crippen molar-refractivity contribution in [3.8, 4) is 33.8 Å². The summed E-state index contributed by atoms with van der Waals surface area (Å²) in [5, 5.41) is 7.38. The molecule has 2 aromatic carbocycles. The third kappa shape index (κ3) is 5.17. The van der Waals surface area contributed by atoms with Gasteiger partial charge in [0.05, 0.1) is 34.7 Å². The Kier molecular flexibility index (Phi) is 7.08. The number of rotatable bonds is 4. The van der Waals surface area contributed by atoms with E-state index in [0.717, 1.165) is 56.3 Å². The van der Waals surface area contributed by atoms with Crippen LogP contribution in [0.3, 0.4) is 0 Å². The Morgan fingerprint density at radius 2 is 1.40 bits per heavy atom. The molecule has 4 aromatic heterocycles. The van der Waals surface area contributed by atoms with Crippen molar-refractivity contribution in [1.29, 1.82) is 0 Å². The first-order valence-corrected chi connectivity index (χ1v) is 15.3. The maximum atomic E-state index is 12.4. The highest BCUT2D eigenvalue weighted by molar-refractivity contribution is 6.08. The topological polar surface area (TPSA) is 111 Å². The standard InChI is InChI=1S/C19H18N4O.C18H16N4O/c1-19(2)16-5-4-13(10-17(16)22(3)18(19)24)14-11-21-23(12-14)15-6-8-20-9-7-15;1-18(2)14-4-3-13(9-15(14)21-17(18)23)22-10-16(20-11-22)12-5-7-19-8-6-12/h4-12H,1-3H3;3-11H,1-2H3,(H,21,23). The second-order valence-electron chi connectivity index (χ2n) is 12.8. The van der Waals surface area contributed by atoms with Crippen molar-refractivity contribution in [3.05, 3.63) is 121 Å². The minimum absolute atomic E-state index is 0.0350. The molecule has 0 spiro atoms. The van der Waals surface area contributed by atoms with Crippen molar-refractivity contribution in [2.75, 3.05) is 17.3 Å². The van der Waals surface area contributed by atoms with Gasteiger partial charge in [-0.05, 0) is 86.8 Å². The zero-order chi connectivity index (χ0) is 32.9. The number of nitrogens with one attached hydrogen (secondary N) is 1. The average molecular weight is 623 g/mol. The molecular formula is C37H34N8O2. The van der Waals surface area contributed by atoms with Gasteiger partial charge in [-0.15, -0.1) is 0 Å². The van der Waals surface area contributed by atoms with E-state index < -0.39 is 10.8 Å². The molecule has 1 N–H and O–H groups in total. The molecule has 8 rings (SSSR count). The number of pyridine rings is 2. The molecule has 0 radical (unpaired) electrons. The highest BCUT2D eigenvalue weighted by Gasteiger charge is 2.42. The third-order valence-corrected chi connectivity index (χ3v) is 9.06. The molecule has 2 aliphatic rings. The van der Waals surface area contributed by atoms with E-state index in [4.69, 9.17) is 0 Å². The first-order valence-electron chi connectivity index (χ1n) is 15.3. The van der Waals surface area contributed by atoms with E-state index in [9.17, 15) is 9.59 Å². The summed E-state index contributed by atoms with van der Waals surface area (Å²) >= 11 is 0. The van der Waals surface area contributed by atoms with Crippen LogP contribution in [0.4, 0.5) is 11.4 Å². The van der Waals surface area contributed by atoms with Crippen molar-refractivity contribution in [2.24, 2.45) is 0 Å². The summed E-state index contributed by atoms with van der Waals surface area (Å²) in [5.41, 5.74) is 8.89. The van der Waals surface area contributed by atoms with Crippen LogP contribution in [0.2, 0.25) is 0 Å². The van der Waals surface area contributed by atoms with Crippen molar-refractivity contribution < 1.29 is 9.59 Å². The molecule has 0 saturated carbocycles. The lowest BCUT2D eigenvalue weighted by Gasteiger charge is -2.16. The largest absolute Gasteiger partial charge is 0.325 e. The van der Waals surface area contributed by atoms with Crippen LogP contribution in [0.1, 0.15) is 38.8 Å². The van der Waals surface area contributed by atoms with E-state index in [0.29, 0.717) is 0 Å². The quantitative estimate of drug-likeness (QED) is 0.245. The van der Waals surface area contributed by atoms with Gasteiger partial charge in [0.2, 0.25) is 11.8 Å². The fourth-order valence-corrected chi connectivity index (χ4v) is 6.15. The lowest BCUT2D eigenvalue weighted by Crippen LogP contribution is -2.33. The van der Waals surface area contributed by atoms with Crippen molar-refractivity contribution in [2.45, 2.75) is 38.5 Å². The van der Waals surface area contributed by atoms with Crippen LogP contribution in [-0.2, 0) is 20.4 Å². The zero-order valence-electron chi connectivity index (χ0n) is 26.8. The Hall–Kier alpha value is -5.90. The van der Waals surface area contributed by atoms with E-state index in [2.05, 4.69) is 43.6 Å². The van der Waals surface area contributed by atoms with Crippen molar-refractivity contribution in [1.82, 2.24) is 29.3 Å². The molecule has 0 aliphatic carbocycles. The van der Waals surface area contributed by atoms with Crippen molar-refractivity contribution >= 4 is 23.2 Å². The van der Waals surface area contributed by atoms with Gasteiger partial charge < -0.3 is 14.8 Å². The molecular weight excluding hydrogens is 588 g/mol.